The molecule has 0 bridgehead atoms. The van der Waals surface area contributed by atoms with Gasteiger partial charge in [0.25, 0.3) is 0 Å². The lowest BCUT2D eigenvalue weighted by Gasteiger charge is -2.14. The summed E-state index contributed by atoms with van der Waals surface area (Å²) < 4.78 is 0. The number of hydrogen-bond acceptors (Lipinski definition) is 3. The lowest BCUT2D eigenvalue weighted by atomic mass is 10.2. The predicted octanol–water partition coefficient (Wildman–Crippen LogP) is 0.0130. The molecule has 56 valence electrons. The molecular weight excluding hydrogens is 128 g/mol. The highest BCUT2D eigenvalue weighted by Gasteiger charge is 2.42. The molecule has 0 radical (unpaired) electrons. The van der Waals surface area contributed by atoms with E-state index in [-0.39, 0.29) is 18.2 Å². The van der Waals surface area contributed by atoms with Crippen LogP contribution in [0.25, 0.3) is 0 Å². The van der Waals surface area contributed by atoms with Crippen LogP contribution in [0, 0.1) is 11.3 Å². The molecule has 0 heterocycles. The van der Waals surface area contributed by atoms with Crippen LogP contribution in [0.1, 0.15) is 19.8 Å². The smallest absolute Gasteiger partial charge is 0.0929 e. The standard InChI is InChI=1S/C7H12N2O/c1-6(4-8)9-7(5-10)2-3-7/h6,9-10H,2-3,5H2,1H3. The normalized spacial score (nSPS) is 23.3. The van der Waals surface area contributed by atoms with E-state index < -0.39 is 0 Å². The topological polar surface area (TPSA) is 56.0 Å². The summed E-state index contributed by atoms with van der Waals surface area (Å²) in [4.78, 5) is 0. The van der Waals surface area contributed by atoms with Gasteiger partial charge in [-0.1, -0.05) is 0 Å². The van der Waals surface area contributed by atoms with Gasteiger partial charge in [0.2, 0.25) is 0 Å². The number of nitriles is 1. The van der Waals surface area contributed by atoms with Gasteiger partial charge < -0.3 is 5.11 Å². The van der Waals surface area contributed by atoms with Crippen LogP contribution in [0.2, 0.25) is 0 Å². The largest absolute Gasteiger partial charge is 0.394 e. The van der Waals surface area contributed by atoms with Crippen molar-refractivity contribution in [2.45, 2.75) is 31.3 Å². The SMILES string of the molecule is CC(C#N)NC1(CO)CC1. The van der Waals surface area contributed by atoms with E-state index in [4.69, 9.17) is 10.4 Å². The summed E-state index contributed by atoms with van der Waals surface area (Å²) >= 11 is 0. The molecule has 0 aromatic carbocycles. The van der Waals surface area contributed by atoms with Gasteiger partial charge in [0, 0.05) is 5.54 Å². The van der Waals surface area contributed by atoms with Crippen molar-refractivity contribution in [3.05, 3.63) is 0 Å². The Bertz CT molecular complexity index is 157. The molecule has 0 amide bonds. The third kappa shape index (κ3) is 1.47. The fourth-order valence-electron chi connectivity index (χ4n) is 0.991. The Hall–Kier alpha value is -0.590. The Morgan fingerprint density at radius 2 is 2.40 bits per heavy atom. The van der Waals surface area contributed by atoms with E-state index in [1.54, 1.807) is 6.92 Å². The number of nitrogens with one attached hydrogen (secondary N) is 1. The van der Waals surface area contributed by atoms with Crippen LogP contribution in [0.15, 0.2) is 0 Å². The van der Waals surface area contributed by atoms with E-state index in [1.165, 1.54) is 0 Å². The molecule has 1 rings (SSSR count). The highest BCUT2D eigenvalue weighted by Crippen LogP contribution is 2.34. The maximum Gasteiger partial charge on any atom is 0.0929 e. The average Bonchev–Trinajstić information content (AvgIpc) is 2.70. The van der Waals surface area contributed by atoms with Crippen molar-refractivity contribution in [1.82, 2.24) is 5.32 Å². The molecule has 3 nitrogen and oxygen atoms in total. The Balaban J connectivity index is 2.32. The van der Waals surface area contributed by atoms with Crippen molar-refractivity contribution in [1.29, 1.82) is 5.26 Å². The van der Waals surface area contributed by atoms with Gasteiger partial charge in [0.05, 0.1) is 18.7 Å². The fourth-order valence-corrected chi connectivity index (χ4v) is 0.991. The predicted molar refractivity (Wildman–Crippen MR) is 37.3 cm³/mol. The molecule has 0 saturated heterocycles. The minimum atomic E-state index is -0.144. The first-order chi connectivity index (χ1) is 4.72. The molecular formula is C7H12N2O. The van der Waals surface area contributed by atoms with Gasteiger partial charge >= 0.3 is 0 Å². The first kappa shape index (κ1) is 7.52. The summed E-state index contributed by atoms with van der Waals surface area (Å²) in [6, 6.07) is 1.93. The monoisotopic (exact) mass is 140 g/mol. The minimum absolute atomic E-state index is 0.102. The molecule has 0 aliphatic heterocycles. The summed E-state index contributed by atoms with van der Waals surface area (Å²) in [5, 5.41) is 20.3. The van der Waals surface area contributed by atoms with Crippen molar-refractivity contribution >= 4 is 0 Å². The van der Waals surface area contributed by atoms with Gasteiger partial charge in [0.15, 0.2) is 0 Å². The first-order valence-electron chi connectivity index (χ1n) is 3.51. The Morgan fingerprint density at radius 1 is 1.80 bits per heavy atom. The molecule has 3 heteroatoms. The van der Waals surface area contributed by atoms with Crippen LogP contribution in [0.5, 0.6) is 0 Å². The first-order valence-corrected chi connectivity index (χ1v) is 3.51. The maximum atomic E-state index is 8.83. The molecule has 10 heavy (non-hydrogen) atoms. The number of aliphatic hydroxyl groups is 1. The van der Waals surface area contributed by atoms with E-state index in [2.05, 4.69) is 11.4 Å². The summed E-state index contributed by atoms with van der Waals surface area (Å²) in [6.45, 7) is 1.95. The molecule has 1 fully saturated rings. The molecule has 1 unspecified atom stereocenters. The van der Waals surface area contributed by atoms with Gasteiger partial charge in [-0.2, -0.15) is 5.26 Å². The second kappa shape index (κ2) is 2.57. The summed E-state index contributed by atoms with van der Waals surface area (Å²) in [7, 11) is 0. The highest BCUT2D eigenvalue weighted by atomic mass is 16.3. The minimum Gasteiger partial charge on any atom is -0.394 e. The quantitative estimate of drug-likeness (QED) is 0.580. The van der Waals surface area contributed by atoms with Gasteiger partial charge in [0.1, 0.15) is 0 Å². The third-order valence-corrected chi connectivity index (χ3v) is 1.87. The summed E-state index contributed by atoms with van der Waals surface area (Å²) in [5.74, 6) is 0. The van der Waals surface area contributed by atoms with Crippen molar-refractivity contribution < 1.29 is 5.11 Å². The van der Waals surface area contributed by atoms with Gasteiger partial charge in [-0.3, -0.25) is 5.32 Å². The maximum absolute atomic E-state index is 8.83. The zero-order valence-electron chi connectivity index (χ0n) is 6.09. The molecule has 1 atom stereocenters. The number of nitrogens with zero attached hydrogens (tertiary/aromatic N) is 1. The van der Waals surface area contributed by atoms with Crippen LogP contribution >= 0.6 is 0 Å². The lowest BCUT2D eigenvalue weighted by molar-refractivity contribution is 0.227. The third-order valence-electron chi connectivity index (χ3n) is 1.87. The highest BCUT2D eigenvalue weighted by molar-refractivity contribution is 5.05. The molecule has 1 aliphatic rings. The van der Waals surface area contributed by atoms with Crippen LogP contribution < -0.4 is 5.32 Å². The molecule has 2 N–H and O–H groups in total. The van der Waals surface area contributed by atoms with Crippen molar-refractivity contribution in [2.24, 2.45) is 0 Å². The van der Waals surface area contributed by atoms with Gasteiger partial charge in [-0.25, -0.2) is 0 Å². The summed E-state index contributed by atoms with van der Waals surface area (Å²) in [5.41, 5.74) is -0.102. The van der Waals surface area contributed by atoms with Gasteiger partial charge in [-0.05, 0) is 19.8 Å². The van der Waals surface area contributed by atoms with Crippen molar-refractivity contribution in [2.75, 3.05) is 6.61 Å². The lowest BCUT2D eigenvalue weighted by Crippen LogP contribution is -2.40. The van der Waals surface area contributed by atoms with Crippen LogP contribution in [0.3, 0.4) is 0 Å². The molecule has 1 aliphatic carbocycles. The van der Waals surface area contributed by atoms with Crippen molar-refractivity contribution in [3.63, 3.8) is 0 Å². The number of rotatable bonds is 3. The molecule has 0 aromatic heterocycles. The number of aliphatic hydroxyl groups excluding tert-OH is 1. The molecule has 0 aromatic rings. The van der Waals surface area contributed by atoms with Gasteiger partial charge in [-0.15, -0.1) is 0 Å². The second-order valence-corrected chi connectivity index (χ2v) is 2.93. The number of hydrogen-bond donors (Lipinski definition) is 2. The van der Waals surface area contributed by atoms with Crippen LogP contribution in [0.4, 0.5) is 0 Å². The molecule has 1 saturated carbocycles. The second-order valence-electron chi connectivity index (χ2n) is 2.93. The summed E-state index contributed by atoms with van der Waals surface area (Å²) in [6.07, 6.45) is 1.99. The Morgan fingerprint density at radius 3 is 2.70 bits per heavy atom. The van der Waals surface area contributed by atoms with Crippen LogP contribution in [-0.2, 0) is 0 Å². The van der Waals surface area contributed by atoms with E-state index in [9.17, 15) is 0 Å². The van der Waals surface area contributed by atoms with E-state index in [0.717, 1.165) is 12.8 Å². The Labute approximate surface area is 60.7 Å². The van der Waals surface area contributed by atoms with Crippen LogP contribution in [-0.4, -0.2) is 23.3 Å². The fraction of sp³-hybridized carbons (Fsp3) is 0.857. The molecule has 0 spiro atoms. The van der Waals surface area contributed by atoms with E-state index >= 15 is 0 Å². The Kier molecular flexibility index (Phi) is 1.93. The van der Waals surface area contributed by atoms with E-state index in [1.807, 2.05) is 0 Å². The zero-order valence-corrected chi connectivity index (χ0v) is 6.09. The average molecular weight is 140 g/mol. The van der Waals surface area contributed by atoms with Crippen molar-refractivity contribution in [3.8, 4) is 6.07 Å². The van der Waals surface area contributed by atoms with E-state index in [0.29, 0.717) is 0 Å². The zero-order chi connectivity index (χ0) is 7.61.